The van der Waals surface area contributed by atoms with E-state index in [1.165, 1.54) is 16.4 Å². The first-order chi connectivity index (χ1) is 13.7. The third-order valence-corrected chi connectivity index (χ3v) is 4.61. The van der Waals surface area contributed by atoms with Gasteiger partial charge in [0.05, 0.1) is 11.5 Å². The summed E-state index contributed by atoms with van der Waals surface area (Å²) >= 11 is 1.17. The Morgan fingerprint density at radius 2 is 1.96 bits per heavy atom. The van der Waals surface area contributed by atoms with Crippen LogP contribution in [-0.2, 0) is 4.79 Å². The number of nitrogens with two attached hydrogens (primary N) is 1. The molecule has 10 heteroatoms. The maximum atomic E-state index is 12.0. The minimum absolute atomic E-state index is 0.124. The number of anilines is 2. The van der Waals surface area contributed by atoms with Crippen LogP contribution in [0.1, 0.15) is 18.9 Å². The quantitative estimate of drug-likeness (QED) is 0.231. The normalized spacial score (nSPS) is 11.2. The molecule has 2 aromatic heterocycles. The fraction of sp³-hybridized carbons (Fsp3) is 0.167. The maximum Gasteiger partial charge on any atom is 0.264 e. The fourth-order valence-electron chi connectivity index (χ4n) is 2.29. The van der Waals surface area contributed by atoms with Gasteiger partial charge < -0.3 is 11.2 Å². The number of thioether (sulfide) groups is 1. The van der Waals surface area contributed by atoms with Crippen molar-refractivity contribution in [3.63, 3.8) is 0 Å². The molecule has 3 rings (SSSR count). The van der Waals surface area contributed by atoms with E-state index in [4.69, 9.17) is 5.84 Å². The van der Waals surface area contributed by atoms with Gasteiger partial charge in [0, 0.05) is 6.20 Å². The smallest absolute Gasteiger partial charge is 0.264 e. The number of amides is 1. The van der Waals surface area contributed by atoms with Gasteiger partial charge in [0.1, 0.15) is 5.82 Å². The van der Waals surface area contributed by atoms with Crippen LogP contribution in [0.25, 0.3) is 0 Å². The van der Waals surface area contributed by atoms with Crippen LogP contribution in [0, 0.1) is 0 Å². The number of carbonyl (C=O) groups is 1. The van der Waals surface area contributed by atoms with E-state index >= 15 is 0 Å². The molecule has 0 saturated heterocycles. The Hall–Kier alpha value is -3.40. The van der Waals surface area contributed by atoms with E-state index in [9.17, 15) is 4.79 Å². The molecule has 0 aliphatic carbocycles. The highest BCUT2D eigenvalue weighted by Gasteiger charge is 2.12. The zero-order valence-electron chi connectivity index (χ0n) is 15.2. The molecule has 28 heavy (non-hydrogen) atoms. The summed E-state index contributed by atoms with van der Waals surface area (Å²) in [7, 11) is 0. The SMILES string of the molecule is CC/C(=N/Nc1nnc(SCC(=O)Nc2ccccn2)n1N)c1ccccc1. The summed E-state index contributed by atoms with van der Waals surface area (Å²) in [4.78, 5) is 16.1. The Labute approximate surface area is 166 Å². The molecule has 0 aliphatic heterocycles. The van der Waals surface area contributed by atoms with Gasteiger partial charge in [0.25, 0.3) is 5.95 Å². The van der Waals surface area contributed by atoms with Gasteiger partial charge >= 0.3 is 0 Å². The lowest BCUT2D eigenvalue weighted by Gasteiger charge is -2.06. The van der Waals surface area contributed by atoms with Crippen LogP contribution in [0.4, 0.5) is 11.8 Å². The number of pyridine rings is 1. The van der Waals surface area contributed by atoms with Crippen molar-refractivity contribution in [3.8, 4) is 0 Å². The van der Waals surface area contributed by atoms with E-state index in [-0.39, 0.29) is 17.6 Å². The highest BCUT2D eigenvalue weighted by Crippen LogP contribution is 2.17. The predicted octanol–water partition coefficient (Wildman–Crippen LogP) is 2.34. The van der Waals surface area contributed by atoms with Crippen molar-refractivity contribution in [1.29, 1.82) is 0 Å². The lowest BCUT2D eigenvalue weighted by atomic mass is 10.1. The standard InChI is InChI=1S/C18H20N8OS/c1-2-14(13-8-4-3-5-9-13)22-23-17-24-25-18(26(17)19)28-12-16(27)21-15-10-6-7-11-20-15/h3-11H,2,12,19H2,1H3,(H,23,24)(H,20,21,27)/b22-14-. The van der Waals surface area contributed by atoms with Crippen LogP contribution in [-0.4, -0.2) is 37.2 Å². The van der Waals surface area contributed by atoms with Crippen molar-refractivity contribution >= 4 is 35.1 Å². The van der Waals surface area contributed by atoms with E-state index in [1.54, 1.807) is 24.4 Å². The molecular formula is C18H20N8OS. The topological polar surface area (TPSA) is 123 Å². The molecule has 9 nitrogen and oxygen atoms in total. The van der Waals surface area contributed by atoms with Crippen LogP contribution in [0.3, 0.4) is 0 Å². The van der Waals surface area contributed by atoms with Gasteiger partial charge in [0.15, 0.2) is 0 Å². The van der Waals surface area contributed by atoms with Gasteiger partial charge in [-0.25, -0.2) is 15.1 Å². The summed E-state index contributed by atoms with van der Waals surface area (Å²) in [6.07, 6.45) is 2.35. The molecule has 1 amide bonds. The second-order valence-electron chi connectivity index (χ2n) is 5.62. The predicted molar refractivity (Wildman–Crippen MR) is 111 cm³/mol. The monoisotopic (exact) mass is 396 g/mol. The van der Waals surface area contributed by atoms with Crippen molar-refractivity contribution in [2.75, 3.05) is 22.3 Å². The highest BCUT2D eigenvalue weighted by atomic mass is 32.2. The number of hydrazone groups is 1. The van der Waals surface area contributed by atoms with Crippen molar-refractivity contribution in [3.05, 3.63) is 60.3 Å². The average Bonchev–Trinajstić information content (AvgIpc) is 3.08. The fourth-order valence-corrected chi connectivity index (χ4v) is 2.95. The van der Waals surface area contributed by atoms with Crippen molar-refractivity contribution in [2.45, 2.75) is 18.5 Å². The number of nitrogen functional groups attached to an aromatic ring is 1. The zero-order valence-corrected chi connectivity index (χ0v) is 16.1. The van der Waals surface area contributed by atoms with E-state index in [1.807, 2.05) is 37.3 Å². The van der Waals surface area contributed by atoms with Crippen LogP contribution >= 0.6 is 11.8 Å². The molecule has 4 N–H and O–H groups in total. The Morgan fingerprint density at radius 1 is 1.18 bits per heavy atom. The van der Waals surface area contributed by atoms with E-state index in [2.05, 4.69) is 31.0 Å². The first-order valence-electron chi connectivity index (χ1n) is 8.59. The van der Waals surface area contributed by atoms with Crippen molar-refractivity contribution < 1.29 is 4.79 Å². The number of hydrogen-bond acceptors (Lipinski definition) is 8. The molecule has 0 radical (unpaired) electrons. The van der Waals surface area contributed by atoms with Gasteiger partial charge in [-0.3, -0.25) is 4.79 Å². The summed E-state index contributed by atoms with van der Waals surface area (Å²) in [6, 6.07) is 15.1. The summed E-state index contributed by atoms with van der Waals surface area (Å²) in [5, 5.41) is 15.4. The number of nitrogens with one attached hydrogen (secondary N) is 2. The molecular weight excluding hydrogens is 376 g/mol. The van der Waals surface area contributed by atoms with Crippen LogP contribution in [0.15, 0.2) is 65.0 Å². The van der Waals surface area contributed by atoms with Gasteiger partial charge in [0.2, 0.25) is 11.1 Å². The van der Waals surface area contributed by atoms with Crippen LogP contribution < -0.4 is 16.6 Å². The third-order valence-electron chi connectivity index (χ3n) is 3.66. The van der Waals surface area contributed by atoms with Gasteiger partial charge in [-0.1, -0.05) is 55.1 Å². The summed E-state index contributed by atoms with van der Waals surface area (Å²) in [5.41, 5.74) is 4.72. The second kappa shape index (κ2) is 9.51. The molecule has 0 fully saturated rings. The van der Waals surface area contributed by atoms with Crippen LogP contribution in [0.5, 0.6) is 0 Å². The number of rotatable bonds is 8. The third kappa shape index (κ3) is 5.07. The summed E-state index contributed by atoms with van der Waals surface area (Å²) in [6.45, 7) is 2.02. The van der Waals surface area contributed by atoms with E-state index in [0.717, 1.165) is 17.7 Å². The minimum atomic E-state index is -0.212. The Bertz CT molecular complexity index is 943. The largest absolute Gasteiger partial charge is 0.334 e. The number of aromatic nitrogens is 4. The highest BCUT2D eigenvalue weighted by molar-refractivity contribution is 7.99. The van der Waals surface area contributed by atoms with E-state index in [0.29, 0.717) is 11.0 Å². The molecule has 0 saturated carbocycles. The molecule has 0 spiro atoms. The molecule has 0 aliphatic rings. The summed E-state index contributed by atoms with van der Waals surface area (Å²) < 4.78 is 1.26. The summed E-state index contributed by atoms with van der Waals surface area (Å²) in [5.74, 6) is 6.70. The molecule has 0 bridgehead atoms. The number of hydrogen-bond donors (Lipinski definition) is 3. The molecule has 1 aromatic carbocycles. The Balaban J connectivity index is 1.59. The maximum absolute atomic E-state index is 12.0. The minimum Gasteiger partial charge on any atom is -0.334 e. The first kappa shape index (κ1) is 19.4. The molecule has 0 unspecified atom stereocenters. The van der Waals surface area contributed by atoms with Crippen molar-refractivity contribution in [2.24, 2.45) is 5.10 Å². The molecule has 3 aromatic rings. The van der Waals surface area contributed by atoms with Gasteiger partial charge in [-0.2, -0.15) is 5.10 Å². The molecule has 144 valence electrons. The lowest BCUT2D eigenvalue weighted by molar-refractivity contribution is -0.113. The Morgan fingerprint density at radius 3 is 2.68 bits per heavy atom. The zero-order chi connectivity index (χ0) is 19.8. The second-order valence-corrected chi connectivity index (χ2v) is 6.56. The van der Waals surface area contributed by atoms with Gasteiger partial charge in [-0.15, -0.1) is 10.2 Å². The Kier molecular flexibility index (Phi) is 6.58. The van der Waals surface area contributed by atoms with E-state index < -0.39 is 0 Å². The number of benzene rings is 1. The van der Waals surface area contributed by atoms with Crippen molar-refractivity contribution in [1.82, 2.24) is 19.9 Å². The molecule has 0 atom stereocenters. The van der Waals surface area contributed by atoms with Gasteiger partial charge in [-0.05, 0) is 24.1 Å². The van der Waals surface area contributed by atoms with Crippen LogP contribution in [0.2, 0.25) is 0 Å². The number of carbonyl (C=O) groups excluding carboxylic acids is 1. The number of nitrogens with zero attached hydrogens (tertiary/aromatic N) is 5. The lowest BCUT2D eigenvalue weighted by Crippen LogP contribution is -2.17. The first-order valence-corrected chi connectivity index (χ1v) is 9.58. The molecule has 2 heterocycles. The average molecular weight is 396 g/mol.